The number of amides is 1. The molecular weight excluding hydrogens is 292 g/mol. The highest BCUT2D eigenvalue weighted by Gasteiger charge is 2.08. The topological polar surface area (TPSA) is 90.0 Å². The van der Waals surface area contributed by atoms with E-state index in [0.29, 0.717) is 29.7 Å². The van der Waals surface area contributed by atoms with E-state index in [1.165, 1.54) is 4.68 Å². The molecule has 0 spiro atoms. The number of nitrogens with zero attached hydrogens (tertiary/aromatic N) is 2. The van der Waals surface area contributed by atoms with Crippen LogP contribution in [0, 0.1) is 0 Å². The molecule has 0 aliphatic carbocycles. The van der Waals surface area contributed by atoms with Crippen molar-refractivity contribution < 1.29 is 4.79 Å². The van der Waals surface area contributed by atoms with Crippen molar-refractivity contribution in [2.45, 2.75) is 6.54 Å². The normalized spacial score (nSPS) is 10.6. The zero-order chi connectivity index (χ0) is 16.2. The summed E-state index contributed by atoms with van der Waals surface area (Å²) in [7, 11) is 0. The number of nitrogens with two attached hydrogens (primary N) is 1. The maximum Gasteiger partial charge on any atom is 0.274 e. The minimum atomic E-state index is -0.267. The van der Waals surface area contributed by atoms with E-state index < -0.39 is 0 Å². The molecule has 0 bridgehead atoms. The smallest absolute Gasteiger partial charge is 0.274 e. The number of carbonyl (C=O) groups is 1. The Kier molecular flexibility index (Phi) is 4.05. The highest BCUT2D eigenvalue weighted by Crippen LogP contribution is 2.09. The Morgan fingerprint density at radius 1 is 1.13 bits per heavy atom. The fourth-order valence-electron chi connectivity index (χ4n) is 2.36. The quantitative estimate of drug-likeness (QED) is 0.713. The maximum atomic E-state index is 12.3. The van der Waals surface area contributed by atoms with Gasteiger partial charge in [-0.05, 0) is 18.2 Å². The number of nitrogen functional groups attached to an aromatic ring is 1. The molecule has 0 fully saturated rings. The summed E-state index contributed by atoms with van der Waals surface area (Å²) in [5.74, 6) is -0.267. The van der Waals surface area contributed by atoms with Gasteiger partial charge in [0, 0.05) is 17.6 Å². The van der Waals surface area contributed by atoms with Crippen LogP contribution in [0.15, 0.2) is 59.5 Å². The van der Waals surface area contributed by atoms with E-state index in [0.717, 1.165) is 5.39 Å². The minimum Gasteiger partial charge on any atom is -0.398 e. The number of carbonyl (C=O) groups excluding carboxylic acids is 1. The Morgan fingerprint density at radius 2 is 1.87 bits per heavy atom. The lowest BCUT2D eigenvalue weighted by Crippen LogP contribution is -2.32. The third-order valence-corrected chi connectivity index (χ3v) is 3.58. The largest absolute Gasteiger partial charge is 0.398 e. The highest BCUT2D eigenvalue weighted by atomic mass is 16.2. The lowest BCUT2D eigenvalue weighted by Gasteiger charge is -2.09. The monoisotopic (exact) mass is 308 g/mol. The maximum absolute atomic E-state index is 12.3. The van der Waals surface area contributed by atoms with Gasteiger partial charge >= 0.3 is 0 Å². The summed E-state index contributed by atoms with van der Waals surface area (Å²) < 4.78 is 1.34. The predicted molar refractivity (Wildman–Crippen MR) is 89.2 cm³/mol. The second-order valence-corrected chi connectivity index (χ2v) is 5.10. The van der Waals surface area contributed by atoms with Crippen LogP contribution in [0.2, 0.25) is 0 Å². The Balaban J connectivity index is 1.70. The first kappa shape index (κ1) is 14.8. The molecule has 1 amide bonds. The van der Waals surface area contributed by atoms with Crippen molar-refractivity contribution in [3.63, 3.8) is 0 Å². The van der Waals surface area contributed by atoms with E-state index in [2.05, 4.69) is 10.4 Å². The van der Waals surface area contributed by atoms with Gasteiger partial charge in [-0.2, -0.15) is 5.10 Å². The zero-order valence-corrected chi connectivity index (χ0v) is 12.4. The molecule has 116 valence electrons. The molecule has 0 saturated carbocycles. The van der Waals surface area contributed by atoms with Crippen molar-refractivity contribution in [2.24, 2.45) is 0 Å². The van der Waals surface area contributed by atoms with Crippen molar-refractivity contribution in [3.05, 3.63) is 70.6 Å². The minimum absolute atomic E-state index is 0.170. The van der Waals surface area contributed by atoms with Crippen LogP contribution in [0.3, 0.4) is 0 Å². The first-order valence-electron chi connectivity index (χ1n) is 7.24. The first-order chi connectivity index (χ1) is 11.2. The van der Waals surface area contributed by atoms with Crippen molar-refractivity contribution in [1.29, 1.82) is 0 Å². The van der Waals surface area contributed by atoms with Crippen LogP contribution in [-0.4, -0.2) is 22.2 Å². The molecule has 2 aromatic carbocycles. The van der Waals surface area contributed by atoms with Gasteiger partial charge < -0.3 is 11.1 Å². The summed E-state index contributed by atoms with van der Waals surface area (Å²) in [6.07, 6.45) is 1.65. The Bertz CT molecular complexity index is 918. The summed E-state index contributed by atoms with van der Waals surface area (Å²) in [5, 5.41) is 8.28. The first-order valence-corrected chi connectivity index (χ1v) is 7.24. The molecule has 0 aliphatic heterocycles. The second-order valence-electron chi connectivity index (χ2n) is 5.10. The van der Waals surface area contributed by atoms with Crippen molar-refractivity contribution in [1.82, 2.24) is 15.1 Å². The lowest BCUT2D eigenvalue weighted by atomic mass is 10.1. The van der Waals surface area contributed by atoms with Crippen LogP contribution in [0.1, 0.15) is 10.4 Å². The van der Waals surface area contributed by atoms with Gasteiger partial charge in [0.15, 0.2) is 0 Å². The molecule has 3 rings (SSSR count). The zero-order valence-electron chi connectivity index (χ0n) is 12.4. The third kappa shape index (κ3) is 3.06. The van der Waals surface area contributed by atoms with Crippen LogP contribution in [-0.2, 0) is 6.54 Å². The molecule has 0 saturated heterocycles. The third-order valence-electron chi connectivity index (χ3n) is 3.58. The molecule has 6 heteroatoms. The van der Waals surface area contributed by atoms with E-state index in [-0.39, 0.29) is 11.5 Å². The summed E-state index contributed by atoms with van der Waals surface area (Å²) in [5.41, 5.74) is 6.44. The van der Waals surface area contributed by atoms with Crippen LogP contribution in [0.5, 0.6) is 0 Å². The summed E-state index contributed by atoms with van der Waals surface area (Å²) in [6, 6.07) is 14.1. The van der Waals surface area contributed by atoms with Gasteiger partial charge in [0.05, 0.1) is 23.7 Å². The predicted octanol–water partition coefficient (Wildman–Crippen LogP) is 1.41. The summed E-state index contributed by atoms with van der Waals surface area (Å²) in [6.45, 7) is 0.584. The van der Waals surface area contributed by atoms with Gasteiger partial charge in [0.1, 0.15) is 0 Å². The molecule has 1 heterocycles. The number of nitrogens with one attached hydrogen (secondary N) is 1. The molecule has 0 unspecified atom stereocenters. The standard InChI is InChI=1S/C17H16N4O2/c18-15-8-4-3-7-14(15)16(22)19-9-10-21-17(23)13-6-2-1-5-12(13)11-20-21/h1-8,11H,9-10,18H2,(H,19,22). The average Bonchev–Trinajstić information content (AvgIpc) is 2.57. The molecule has 3 aromatic rings. The molecule has 23 heavy (non-hydrogen) atoms. The second kappa shape index (κ2) is 6.31. The van der Waals surface area contributed by atoms with Crippen LogP contribution in [0.25, 0.3) is 10.8 Å². The summed E-state index contributed by atoms with van der Waals surface area (Å²) >= 11 is 0. The Labute approximate surface area is 132 Å². The number of hydrogen-bond donors (Lipinski definition) is 2. The van der Waals surface area contributed by atoms with Crippen LogP contribution < -0.4 is 16.6 Å². The van der Waals surface area contributed by atoms with Crippen LogP contribution in [0.4, 0.5) is 5.69 Å². The Hall–Kier alpha value is -3.15. The number of para-hydroxylation sites is 1. The summed E-state index contributed by atoms with van der Waals surface area (Å²) in [4.78, 5) is 24.4. The molecular formula is C17H16N4O2. The van der Waals surface area contributed by atoms with Gasteiger partial charge in [-0.25, -0.2) is 4.68 Å². The number of aromatic nitrogens is 2. The number of rotatable bonds is 4. The number of benzene rings is 2. The highest BCUT2D eigenvalue weighted by molar-refractivity contribution is 5.99. The molecule has 0 radical (unpaired) electrons. The molecule has 3 N–H and O–H groups in total. The SMILES string of the molecule is Nc1ccccc1C(=O)NCCn1ncc2ccccc2c1=O. The number of hydrogen-bond acceptors (Lipinski definition) is 4. The van der Waals surface area contributed by atoms with E-state index in [9.17, 15) is 9.59 Å². The van der Waals surface area contributed by atoms with Gasteiger partial charge in [0.2, 0.25) is 0 Å². The molecule has 0 aliphatic rings. The van der Waals surface area contributed by atoms with Crippen molar-refractivity contribution >= 4 is 22.4 Å². The number of anilines is 1. The van der Waals surface area contributed by atoms with Gasteiger partial charge in [-0.1, -0.05) is 30.3 Å². The average molecular weight is 308 g/mol. The van der Waals surface area contributed by atoms with E-state index in [4.69, 9.17) is 5.73 Å². The lowest BCUT2D eigenvalue weighted by molar-refractivity contribution is 0.0952. The van der Waals surface area contributed by atoms with E-state index >= 15 is 0 Å². The molecule has 0 atom stereocenters. The fraction of sp³-hybridized carbons (Fsp3) is 0.118. The molecule has 6 nitrogen and oxygen atoms in total. The number of fused-ring (bicyclic) bond motifs is 1. The van der Waals surface area contributed by atoms with Gasteiger partial charge in [0.25, 0.3) is 11.5 Å². The van der Waals surface area contributed by atoms with Crippen LogP contribution >= 0.6 is 0 Å². The van der Waals surface area contributed by atoms with Gasteiger partial charge in [-0.3, -0.25) is 9.59 Å². The van der Waals surface area contributed by atoms with E-state index in [1.807, 2.05) is 18.2 Å². The van der Waals surface area contributed by atoms with E-state index in [1.54, 1.807) is 36.5 Å². The van der Waals surface area contributed by atoms with Crippen molar-refractivity contribution in [3.8, 4) is 0 Å². The van der Waals surface area contributed by atoms with Gasteiger partial charge in [-0.15, -0.1) is 0 Å². The molecule has 1 aromatic heterocycles. The fourth-order valence-corrected chi connectivity index (χ4v) is 2.36. The Morgan fingerprint density at radius 3 is 2.70 bits per heavy atom. The van der Waals surface area contributed by atoms with Crippen molar-refractivity contribution in [2.75, 3.05) is 12.3 Å².